The number of ketones is 1. The highest BCUT2D eigenvalue weighted by atomic mass is 79.9. The molecule has 0 saturated heterocycles. The summed E-state index contributed by atoms with van der Waals surface area (Å²) < 4.78 is 27.9. The second-order valence-electron chi connectivity index (χ2n) is 8.35. The van der Waals surface area contributed by atoms with Crippen LogP contribution in [-0.4, -0.2) is 26.0 Å². The molecule has 0 saturated carbocycles. The number of benzene rings is 4. The zero-order valence-corrected chi connectivity index (χ0v) is 20.8. The number of hydrogen-bond donors (Lipinski definition) is 1. The van der Waals surface area contributed by atoms with Gasteiger partial charge in [-0.25, -0.2) is 8.42 Å². The largest absolute Gasteiger partial charge is 0.322 e. The van der Waals surface area contributed by atoms with Gasteiger partial charge in [0.05, 0.1) is 11.3 Å². The highest BCUT2D eigenvalue weighted by Gasteiger charge is 2.42. The molecule has 7 nitrogen and oxygen atoms in total. The van der Waals surface area contributed by atoms with E-state index in [9.17, 15) is 22.8 Å². The molecule has 2 amide bonds. The van der Waals surface area contributed by atoms with Crippen molar-refractivity contribution >= 4 is 54.9 Å². The zero-order valence-electron chi connectivity index (χ0n) is 18.4. The SMILES string of the molecule is O=C(Nc1ccc2c(c1)C(=O)c1ccccc1-2)c1ccc2c(c1)S(=O)(=O)N(c1ccc(Br)cc1)C2=O. The molecule has 36 heavy (non-hydrogen) atoms. The number of anilines is 2. The fraction of sp³-hybridized carbons (Fsp3) is 0. The van der Waals surface area contributed by atoms with E-state index in [2.05, 4.69) is 21.2 Å². The number of hydrogen-bond acceptors (Lipinski definition) is 5. The molecule has 1 aliphatic carbocycles. The smallest absolute Gasteiger partial charge is 0.273 e. The Kier molecular flexibility index (Phi) is 4.96. The van der Waals surface area contributed by atoms with Gasteiger partial charge >= 0.3 is 0 Å². The number of amides is 2. The van der Waals surface area contributed by atoms with Crippen LogP contribution in [0, 0.1) is 0 Å². The molecular weight excluding hydrogens is 544 g/mol. The summed E-state index contributed by atoms with van der Waals surface area (Å²) in [6.07, 6.45) is 0. The number of carbonyl (C=O) groups is 3. The summed E-state index contributed by atoms with van der Waals surface area (Å²) in [7, 11) is -4.19. The number of rotatable bonds is 3. The molecule has 9 heteroatoms. The van der Waals surface area contributed by atoms with E-state index < -0.39 is 21.8 Å². The van der Waals surface area contributed by atoms with Crippen molar-refractivity contribution in [3.05, 3.63) is 112 Å². The number of nitrogens with zero attached hydrogens (tertiary/aromatic N) is 1. The lowest BCUT2D eigenvalue weighted by molar-refractivity contribution is 0.100. The fourth-order valence-corrected chi connectivity index (χ4v) is 6.40. The van der Waals surface area contributed by atoms with Crippen LogP contribution in [0.15, 0.2) is 94.3 Å². The van der Waals surface area contributed by atoms with E-state index in [0.717, 1.165) is 19.9 Å². The van der Waals surface area contributed by atoms with Crippen molar-refractivity contribution in [2.45, 2.75) is 4.90 Å². The number of fused-ring (bicyclic) bond motifs is 4. The van der Waals surface area contributed by atoms with Gasteiger partial charge in [0.2, 0.25) is 0 Å². The van der Waals surface area contributed by atoms with Crippen molar-refractivity contribution in [1.82, 2.24) is 0 Å². The van der Waals surface area contributed by atoms with Crippen molar-refractivity contribution in [3.8, 4) is 11.1 Å². The Morgan fingerprint density at radius 2 is 1.42 bits per heavy atom. The third kappa shape index (κ3) is 3.31. The minimum Gasteiger partial charge on any atom is -0.322 e. The lowest BCUT2D eigenvalue weighted by atomic mass is 10.1. The molecule has 176 valence electrons. The summed E-state index contributed by atoms with van der Waals surface area (Å²) in [6, 6.07) is 22.6. The first-order valence-electron chi connectivity index (χ1n) is 10.8. The molecule has 0 fully saturated rings. The van der Waals surface area contributed by atoms with E-state index in [1.165, 1.54) is 30.3 Å². The topological polar surface area (TPSA) is 101 Å². The van der Waals surface area contributed by atoms with Gasteiger partial charge < -0.3 is 5.32 Å². The van der Waals surface area contributed by atoms with Crippen LogP contribution >= 0.6 is 15.9 Å². The normalized spacial score (nSPS) is 14.9. The van der Waals surface area contributed by atoms with Crippen molar-refractivity contribution in [3.63, 3.8) is 0 Å². The average molecular weight is 559 g/mol. The van der Waals surface area contributed by atoms with Crippen molar-refractivity contribution in [1.29, 1.82) is 0 Å². The molecule has 0 unspecified atom stereocenters. The highest BCUT2D eigenvalue weighted by molar-refractivity contribution is 9.10. The first-order chi connectivity index (χ1) is 17.3. The van der Waals surface area contributed by atoms with Gasteiger partial charge in [0, 0.05) is 26.9 Å². The summed E-state index contributed by atoms with van der Waals surface area (Å²) in [4.78, 5) is 38.4. The van der Waals surface area contributed by atoms with E-state index in [0.29, 0.717) is 16.8 Å². The Morgan fingerprint density at radius 3 is 2.17 bits per heavy atom. The van der Waals surface area contributed by atoms with E-state index in [1.54, 1.807) is 42.5 Å². The molecule has 0 bridgehead atoms. The summed E-state index contributed by atoms with van der Waals surface area (Å²) in [6.45, 7) is 0. The van der Waals surface area contributed by atoms with Crippen LogP contribution in [0.1, 0.15) is 36.6 Å². The second-order valence-corrected chi connectivity index (χ2v) is 11.0. The van der Waals surface area contributed by atoms with Crippen molar-refractivity contribution < 1.29 is 22.8 Å². The molecule has 1 N–H and O–H groups in total. The van der Waals surface area contributed by atoms with Crippen molar-refractivity contribution in [2.24, 2.45) is 0 Å². The van der Waals surface area contributed by atoms with Crippen LogP contribution in [0.3, 0.4) is 0 Å². The van der Waals surface area contributed by atoms with Crippen LogP contribution in [0.2, 0.25) is 0 Å². The Labute approximate surface area is 214 Å². The predicted octanol–water partition coefficient (Wildman–Crippen LogP) is 5.26. The van der Waals surface area contributed by atoms with Crippen LogP contribution in [0.25, 0.3) is 11.1 Å². The first-order valence-corrected chi connectivity index (χ1v) is 13.1. The Balaban J connectivity index is 1.30. The van der Waals surface area contributed by atoms with Gasteiger partial charge in [0.15, 0.2) is 5.78 Å². The van der Waals surface area contributed by atoms with Crippen LogP contribution < -0.4 is 9.62 Å². The fourth-order valence-electron chi connectivity index (χ4n) is 4.51. The highest BCUT2D eigenvalue weighted by Crippen LogP contribution is 2.38. The third-order valence-corrected chi connectivity index (χ3v) is 8.50. The Bertz CT molecular complexity index is 1750. The number of sulfonamides is 1. The van der Waals surface area contributed by atoms with Gasteiger partial charge in [0.1, 0.15) is 4.90 Å². The van der Waals surface area contributed by atoms with Crippen LogP contribution in [0.4, 0.5) is 11.4 Å². The first kappa shape index (κ1) is 22.4. The van der Waals surface area contributed by atoms with E-state index in [4.69, 9.17) is 0 Å². The number of halogens is 1. The van der Waals surface area contributed by atoms with E-state index in [-0.39, 0.29) is 27.5 Å². The number of nitrogens with one attached hydrogen (secondary N) is 1. The van der Waals surface area contributed by atoms with Crippen LogP contribution in [-0.2, 0) is 10.0 Å². The minimum atomic E-state index is -4.19. The molecule has 0 aromatic heterocycles. The molecular formula is C27H15BrN2O5S. The molecule has 0 radical (unpaired) electrons. The van der Waals surface area contributed by atoms with Gasteiger partial charge in [-0.2, -0.15) is 4.31 Å². The van der Waals surface area contributed by atoms with Gasteiger partial charge in [-0.15, -0.1) is 0 Å². The van der Waals surface area contributed by atoms with Gasteiger partial charge in [-0.3, -0.25) is 14.4 Å². The summed E-state index contributed by atoms with van der Waals surface area (Å²) >= 11 is 3.29. The molecule has 0 atom stereocenters. The standard InChI is InChI=1S/C27H15BrN2O5S/c28-16-6-9-18(10-7-16)30-27(33)22-11-5-15(13-24(22)36(30,34)35)26(32)29-17-8-12-20-19-3-1-2-4-21(19)25(31)23(20)14-17/h1-14H,(H,29,32). The zero-order chi connectivity index (χ0) is 25.2. The van der Waals surface area contributed by atoms with Gasteiger partial charge in [-0.1, -0.05) is 46.3 Å². The minimum absolute atomic E-state index is 0.00430. The molecule has 1 heterocycles. The summed E-state index contributed by atoms with van der Waals surface area (Å²) in [5.41, 5.74) is 3.40. The van der Waals surface area contributed by atoms with Gasteiger partial charge in [0.25, 0.3) is 21.8 Å². The molecule has 4 aromatic carbocycles. The number of carbonyl (C=O) groups excluding carboxylic acids is 3. The maximum atomic E-state index is 13.2. The van der Waals surface area contributed by atoms with E-state index >= 15 is 0 Å². The molecule has 0 spiro atoms. The quantitative estimate of drug-likeness (QED) is 0.325. The summed E-state index contributed by atoms with van der Waals surface area (Å²) in [5.74, 6) is -1.37. The van der Waals surface area contributed by atoms with Crippen molar-refractivity contribution in [2.75, 3.05) is 9.62 Å². The third-order valence-electron chi connectivity index (χ3n) is 6.22. The maximum absolute atomic E-state index is 13.2. The second kappa shape index (κ2) is 7.97. The maximum Gasteiger partial charge on any atom is 0.273 e. The monoisotopic (exact) mass is 558 g/mol. The summed E-state index contributed by atoms with van der Waals surface area (Å²) in [5, 5.41) is 2.72. The van der Waals surface area contributed by atoms with E-state index in [1.807, 2.05) is 12.1 Å². The molecule has 1 aliphatic heterocycles. The predicted molar refractivity (Wildman–Crippen MR) is 138 cm³/mol. The Morgan fingerprint density at radius 1 is 0.750 bits per heavy atom. The lowest BCUT2D eigenvalue weighted by Crippen LogP contribution is -2.29. The average Bonchev–Trinajstić information content (AvgIpc) is 3.27. The van der Waals surface area contributed by atoms with Gasteiger partial charge in [-0.05, 0) is 65.7 Å². The lowest BCUT2D eigenvalue weighted by Gasteiger charge is -2.15. The molecule has 2 aliphatic rings. The van der Waals surface area contributed by atoms with Crippen LogP contribution in [0.5, 0.6) is 0 Å². The molecule has 4 aromatic rings. The molecule has 6 rings (SSSR count). The Hall–Kier alpha value is -4.08.